The number of nitrogens with one attached hydrogen (secondary N) is 1. The Morgan fingerprint density at radius 1 is 1.19 bits per heavy atom. The lowest BCUT2D eigenvalue weighted by atomic mass is 9.73. The van der Waals surface area contributed by atoms with Crippen molar-refractivity contribution in [3.8, 4) is 0 Å². The lowest BCUT2D eigenvalue weighted by Gasteiger charge is -2.48. The van der Waals surface area contributed by atoms with Gasteiger partial charge in [-0.05, 0) is 42.0 Å². The summed E-state index contributed by atoms with van der Waals surface area (Å²) in [7, 11) is -3.09. The van der Waals surface area contributed by atoms with Crippen molar-refractivity contribution in [3.05, 3.63) is 24.3 Å². The van der Waals surface area contributed by atoms with Crippen LogP contribution in [0, 0.1) is 11.3 Å². The third-order valence-corrected chi connectivity index (χ3v) is 8.66. The minimum atomic E-state index is -3.09. The lowest BCUT2D eigenvalue weighted by molar-refractivity contribution is 0.191. The molecule has 1 aromatic carbocycles. The molecule has 1 unspecified atom stereocenters. The molecule has 10 heteroatoms. The van der Waals surface area contributed by atoms with E-state index in [1.165, 1.54) is 0 Å². The average molecular weight is 473 g/mol. The second-order valence-corrected chi connectivity index (χ2v) is 12.8. The van der Waals surface area contributed by atoms with E-state index in [0.717, 1.165) is 37.4 Å². The molecule has 176 valence electrons. The standard InChI is InChI=1S/C21H36N4O4S2/c1-21(2)13-17-14-24(9-12-31(28,29)11-7-22)16-20(21)25(15-17)19-5-3-18(4-6-19)23-8-10-30(26)27/h3-6,17,20,23H,7-16,22H2,1-2H3,(H,26,27)/t17-,20-/m1/s1. The SMILES string of the molecule is CC1(C)C[C@@H]2CN(CCS(=O)(=O)CCN)C[C@H]1N(c1ccc(NCCS(=O)O)cc1)C2. The minimum Gasteiger partial charge on any atom is -0.384 e. The lowest BCUT2D eigenvalue weighted by Crippen LogP contribution is -2.54. The first-order valence-corrected chi connectivity index (χ1v) is 14.0. The maximum atomic E-state index is 12.1. The summed E-state index contributed by atoms with van der Waals surface area (Å²) in [4.78, 5) is 4.80. The molecule has 2 bridgehead atoms. The number of hydrogen-bond acceptors (Lipinski definition) is 7. The fourth-order valence-electron chi connectivity index (χ4n) is 5.00. The molecule has 3 atom stereocenters. The molecule has 0 saturated carbocycles. The highest BCUT2D eigenvalue weighted by Gasteiger charge is 2.45. The number of piperidine rings is 1. The smallest absolute Gasteiger partial charge is 0.154 e. The topological polar surface area (TPSA) is 116 Å². The third kappa shape index (κ3) is 6.64. The fourth-order valence-corrected chi connectivity index (χ4v) is 6.37. The van der Waals surface area contributed by atoms with Crippen LogP contribution in [0.2, 0.25) is 0 Å². The Kier molecular flexibility index (Phi) is 8.01. The van der Waals surface area contributed by atoms with Gasteiger partial charge in [0.05, 0.1) is 17.3 Å². The van der Waals surface area contributed by atoms with Gasteiger partial charge in [-0.15, -0.1) is 0 Å². The molecule has 8 nitrogen and oxygen atoms in total. The van der Waals surface area contributed by atoms with Crippen LogP contribution in [0.1, 0.15) is 20.3 Å². The molecule has 0 aromatic heterocycles. The largest absolute Gasteiger partial charge is 0.384 e. The second-order valence-electron chi connectivity index (χ2n) is 9.43. The van der Waals surface area contributed by atoms with Crippen molar-refractivity contribution in [2.75, 3.05) is 66.7 Å². The van der Waals surface area contributed by atoms with Crippen LogP contribution in [0.4, 0.5) is 11.4 Å². The fraction of sp³-hybridized carbons (Fsp3) is 0.714. The van der Waals surface area contributed by atoms with Crippen LogP contribution in [0.5, 0.6) is 0 Å². The minimum absolute atomic E-state index is 0.0555. The molecule has 3 heterocycles. The van der Waals surface area contributed by atoms with Gasteiger partial charge >= 0.3 is 0 Å². The van der Waals surface area contributed by atoms with Crippen molar-refractivity contribution in [2.24, 2.45) is 17.1 Å². The van der Waals surface area contributed by atoms with Crippen molar-refractivity contribution in [1.82, 2.24) is 4.90 Å². The average Bonchev–Trinajstić information content (AvgIpc) is 2.93. The highest BCUT2D eigenvalue weighted by Crippen LogP contribution is 2.43. The third-order valence-electron chi connectivity index (χ3n) is 6.45. The molecular weight excluding hydrogens is 436 g/mol. The van der Waals surface area contributed by atoms with E-state index in [4.69, 9.17) is 10.3 Å². The van der Waals surface area contributed by atoms with Crippen LogP contribution in [-0.2, 0) is 20.9 Å². The molecule has 0 amide bonds. The first-order chi connectivity index (χ1) is 14.6. The molecule has 4 rings (SSSR count). The Morgan fingerprint density at radius 2 is 1.90 bits per heavy atom. The Hall–Kier alpha value is -1.20. The van der Waals surface area contributed by atoms with E-state index in [-0.39, 0.29) is 29.2 Å². The molecule has 0 aliphatic carbocycles. The number of nitrogens with zero attached hydrogens (tertiary/aromatic N) is 2. The van der Waals surface area contributed by atoms with E-state index in [1.807, 2.05) is 12.1 Å². The first kappa shape index (κ1) is 24.4. The van der Waals surface area contributed by atoms with Crippen molar-refractivity contribution in [1.29, 1.82) is 0 Å². The van der Waals surface area contributed by atoms with Crippen LogP contribution < -0.4 is 16.0 Å². The van der Waals surface area contributed by atoms with Gasteiger partial charge in [-0.1, -0.05) is 13.8 Å². The molecule has 3 saturated heterocycles. The zero-order valence-corrected chi connectivity index (χ0v) is 20.1. The van der Waals surface area contributed by atoms with Gasteiger partial charge in [-0.25, -0.2) is 12.6 Å². The van der Waals surface area contributed by atoms with E-state index in [1.54, 1.807) is 0 Å². The summed E-state index contributed by atoms with van der Waals surface area (Å²) in [6.07, 6.45) is 1.14. The zero-order valence-electron chi connectivity index (χ0n) is 18.5. The number of nitrogens with two attached hydrogens (primary N) is 1. The van der Waals surface area contributed by atoms with E-state index in [2.05, 4.69) is 41.1 Å². The molecule has 31 heavy (non-hydrogen) atoms. The zero-order chi connectivity index (χ0) is 22.6. The van der Waals surface area contributed by atoms with E-state index < -0.39 is 20.9 Å². The highest BCUT2D eigenvalue weighted by molar-refractivity contribution is 7.91. The van der Waals surface area contributed by atoms with Gasteiger partial charge in [-0.2, -0.15) is 0 Å². The van der Waals surface area contributed by atoms with Gasteiger partial charge in [0.2, 0.25) is 0 Å². The first-order valence-electron chi connectivity index (χ1n) is 10.9. The van der Waals surface area contributed by atoms with Gasteiger partial charge in [0.15, 0.2) is 20.9 Å². The summed E-state index contributed by atoms with van der Waals surface area (Å²) in [5.41, 5.74) is 7.67. The van der Waals surface area contributed by atoms with Gasteiger partial charge in [-0.3, -0.25) is 4.90 Å². The van der Waals surface area contributed by atoms with E-state index >= 15 is 0 Å². The quantitative estimate of drug-likeness (QED) is 0.436. The maximum absolute atomic E-state index is 12.1. The maximum Gasteiger partial charge on any atom is 0.154 e. The van der Waals surface area contributed by atoms with Crippen LogP contribution >= 0.6 is 0 Å². The Bertz CT molecular complexity index is 861. The predicted molar refractivity (Wildman–Crippen MR) is 128 cm³/mol. The van der Waals surface area contributed by atoms with Gasteiger partial charge < -0.3 is 20.5 Å². The molecule has 1 aromatic rings. The van der Waals surface area contributed by atoms with Crippen LogP contribution in [0.15, 0.2) is 24.3 Å². The van der Waals surface area contributed by atoms with Crippen LogP contribution in [-0.4, -0.2) is 84.6 Å². The van der Waals surface area contributed by atoms with E-state index in [9.17, 15) is 12.6 Å². The number of benzene rings is 1. The number of hydrogen-bond donors (Lipinski definition) is 3. The van der Waals surface area contributed by atoms with Crippen molar-refractivity contribution < 1.29 is 17.2 Å². The van der Waals surface area contributed by atoms with E-state index in [0.29, 0.717) is 25.0 Å². The Balaban J connectivity index is 1.69. The van der Waals surface area contributed by atoms with Crippen molar-refractivity contribution in [2.45, 2.75) is 26.3 Å². The molecular formula is C21H36N4O4S2. The summed E-state index contributed by atoms with van der Waals surface area (Å²) in [6.45, 7) is 8.57. The predicted octanol–water partition coefficient (Wildman–Crippen LogP) is 1.23. The Morgan fingerprint density at radius 3 is 2.55 bits per heavy atom. The normalized spacial score (nSPS) is 24.7. The monoisotopic (exact) mass is 472 g/mol. The number of sulfone groups is 1. The number of fused-ring (bicyclic) bond motifs is 4. The molecule has 3 aliphatic heterocycles. The van der Waals surface area contributed by atoms with Gasteiger partial charge in [0.1, 0.15) is 0 Å². The molecule has 0 spiro atoms. The summed E-state index contributed by atoms with van der Waals surface area (Å²) < 4.78 is 44.0. The summed E-state index contributed by atoms with van der Waals surface area (Å²) in [6, 6.07) is 8.53. The summed E-state index contributed by atoms with van der Waals surface area (Å²) in [5.74, 6) is 0.911. The molecule has 3 fully saturated rings. The Labute approximate surface area is 188 Å². The molecule has 0 radical (unpaired) electrons. The highest BCUT2D eigenvalue weighted by atomic mass is 32.2. The van der Waals surface area contributed by atoms with Gasteiger partial charge in [0, 0.05) is 56.7 Å². The van der Waals surface area contributed by atoms with Crippen LogP contribution in [0.25, 0.3) is 0 Å². The molecule has 3 aliphatic rings. The second kappa shape index (κ2) is 10.2. The van der Waals surface area contributed by atoms with Crippen LogP contribution in [0.3, 0.4) is 0 Å². The number of anilines is 2. The van der Waals surface area contributed by atoms with Gasteiger partial charge in [0.25, 0.3) is 0 Å². The summed E-state index contributed by atoms with van der Waals surface area (Å²) in [5, 5.41) is 3.17. The number of rotatable bonds is 10. The van der Waals surface area contributed by atoms with Crippen molar-refractivity contribution in [3.63, 3.8) is 0 Å². The summed E-state index contributed by atoms with van der Waals surface area (Å²) >= 11 is -1.79. The molecule has 4 N–H and O–H groups in total. The van der Waals surface area contributed by atoms with Crippen molar-refractivity contribution >= 4 is 32.3 Å².